The van der Waals surface area contributed by atoms with Crippen molar-refractivity contribution in [3.05, 3.63) is 12.4 Å². The fourth-order valence-electron chi connectivity index (χ4n) is 1.92. The number of rotatable bonds is 8. The first-order valence-corrected chi connectivity index (χ1v) is 8.33. The molecule has 1 unspecified atom stereocenters. The summed E-state index contributed by atoms with van der Waals surface area (Å²) in [4.78, 5) is 7.31. The first-order valence-electron chi connectivity index (χ1n) is 6.84. The summed E-state index contributed by atoms with van der Waals surface area (Å²) in [7, 11) is -3.59. The van der Waals surface area contributed by atoms with Crippen molar-refractivity contribution in [2.45, 2.75) is 30.3 Å². The highest BCUT2D eigenvalue weighted by Crippen LogP contribution is 2.12. The van der Waals surface area contributed by atoms with Crippen molar-refractivity contribution in [2.75, 3.05) is 32.1 Å². The van der Waals surface area contributed by atoms with E-state index in [1.807, 2.05) is 0 Å². The van der Waals surface area contributed by atoms with Gasteiger partial charge in [0.2, 0.25) is 16.0 Å². The molecule has 3 N–H and O–H groups in total. The van der Waals surface area contributed by atoms with E-state index in [-0.39, 0.29) is 23.5 Å². The molecule has 0 amide bonds. The van der Waals surface area contributed by atoms with E-state index in [4.69, 9.17) is 15.2 Å². The maximum atomic E-state index is 11.9. The highest BCUT2D eigenvalue weighted by molar-refractivity contribution is 7.89. The minimum atomic E-state index is -3.59. The van der Waals surface area contributed by atoms with Crippen LogP contribution in [0.5, 0.6) is 0 Å². The number of anilines is 1. The molecule has 0 aromatic carbocycles. The SMILES string of the molecule is Nc1ncc(S(=O)(=O)NCCCOCC2CCCO2)cn1. The average molecular weight is 316 g/mol. The van der Waals surface area contributed by atoms with Crippen molar-refractivity contribution in [1.29, 1.82) is 0 Å². The summed E-state index contributed by atoms with van der Waals surface area (Å²) >= 11 is 0. The third-order valence-corrected chi connectivity index (χ3v) is 4.46. The largest absolute Gasteiger partial charge is 0.379 e. The predicted molar refractivity (Wildman–Crippen MR) is 76.0 cm³/mol. The lowest BCUT2D eigenvalue weighted by atomic mass is 10.2. The molecule has 1 atom stereocenters. The highest BCUT2D eigenvalue weighted by atomic mass is 32.2. The Labute approximate surface area is 124 Å². The lowest BCUT2D eigenvalue weighted by Crippen LogP contribution is -2.26. The molecule has 1 fully saturated rings. The lowest BCUT2D eigenvalue weighted by Gasteiger charge is -2.10. The number of hydrogen-bond donors (Lipinski definition) is 2. The van der Waals surface area contributed by atoms with Gasteiger partial charge >= 0.3 is 0 Å². The lowest BCUT2D eigenvalue weighted by molar-refractivity contribution is 0.0169. The average Bonchev–Trinajstić information content (AvgIpc) is 2.96. The molecule has 2 rings (SSSR count). The fourth-order valence-corrected chi connectivity index (χ4v) is 2.88. The summed E-state index contributed by atoms with van der Waals surface area (Å²) in [6, 6.07) is 0. The van der Waals surface area contributed by atoms with Gasteiger partial charge in [-0.1, -0.05) is 0 Å². The van der Waals surface area contributed by atoms with Crippen LogP contribution in [0, 0.1) is 0 Å². The number of nitrogens with one attached hydrogen (secondary N) is 1. The van der Waals surface area contributed by atoms with Gasteiger partial charge in [0, 0.05) is 19.8 Å². The maximum Gasteiger partial charge on any atom is 0.243 e. The van der Waals surface area contributed by atoms with Crippen molar-refractivity contribution in [2.24, 2.45) is 0 Å². The fraction of sp³-hybridized carbons (Fsp3) is 0.667. The second kappa shape index (κ2) is 7.64. The molecule has 21 heavy (non-hydrogen) atoms. The van der Waals surface area contributed by atoms with Gasteiger partial charge in [0.15, 0.2) is 0 Å². The third kappa shape index (κ3) is 5.20. The standard InChI is InChI=1S/C12H20N4O4S/c13-12-14-7-11(8-15-12)21(17,18)16-4-2-5-19-9-10-3-1-6-20-10/h7-8,10,16H,1-6,9H2,(H2,13,14,15). The van der Waals surface area contributed by atoms with Crippen LogP contribution in [0.15, 0.2) is 17.3 Å². The number of nitrogen functional groups attached to an aromatic ring is 1. The first-order chi connectivity index (χ1) is 10.1. The molecule has 0 aliphatic carbocycles. The molecule has 2 heterocycles. The zero-order chi connectivity index (χ0) is 15.1. The van der Waals surface area contributed by atoms with E-state index in [1.54, 1.807) is 0 Å². The Hall–Kier alpha value is -1.29. The van der Waals surface area contributed by atoms with Crippen LogP contribution in [0.4, 0.5) is 5.95 Å². The quantitative estimate of drug-likeness (QED) is 0.644. The van der Waals surface area contributed by atoms with E-state index < -0.39 is 10.0 Å². The van der Waals surface area contributed by atoms with Gasteiger partial charge in [0.25, 0.3) is 0 Å². The van der Waals surface area contributed by atoms with Gasteiger partial charge in [-0.2, -0.15) is 0 Å². The van der Waals surface area contributed by atoms with E-state index >= 15 is 0 Å². The van der Waals surface area contributed by atoms with E-state index in [1.165, 1.54) is 12.4 Å². The number of nitrogens with two attached hydrogens (primary N) is 1. The van der Waals surface area contributed by atoms with Gasteiger partial charge in [-0.15, -0.1) is 0 Å². The smallest absolute Gasteiger partial charge is 0.243 e. The second-order valence-corrected chi connectivity index (χ2v) is 6.51. The third-order valence-electron chi connectivity index (χ3n) is 3.04. The number of hydrogen-bond acceptors (Lipinski definition) is 7. The van der Waals surface area contributed by atoms with Crippen LogP contribution in [0.1, 0.15) is 19.3 Å². The molecular weight excluding hydrogens is 296 g/mol. The molecule has 0 radical (unpaired) electrons. The molecule has 1 aromatic heterocycles. The van der Waals surface area contributed by atoms with Crippen LogP contribution >= 0.6 is 0 Å². The van der Waals surface area contributed by atoms with Crippen molar-refractivity contribution in [3.8, 4) is 0 Å². The monoisotopic (exact) mass is 316 g/mol. The highest BCUT2D eigenvalue weighted by Gasteiger charge is 2.16. The summed E-state index contributed by atoms with van der Waals surface area (Å²) < 4.78 is 37.1. The molecule has 0 saturated carbocycles. The van der Waals surface area contributed by atoms with Gasteiger partial charge in [-0.05, 0) is 19.3 Å². The molecule has 118 valence electrons. The molecule has 1 aromatic rings. The molecule has 1 saturated heterocycles. The summed E-state index contributed by atoms with van der Waals surface area (Å²) in [5.74, 6) is 0.0384. The van der Waals surface area contributed by atoms with Gasteiger partial charge < -0.3 is 15.2 Å². The minimum absolute atomic E-state index is 0.00280. The molecule has 1 aliphatic heterocycles. The Bertz CT molecular complexity index is 529. The Kier molecular flexibility index (Phi) is 5.85. The van der Waals surface area contributed by atoms with Crippen LogP contribution in [0.25, 0.3) is 0 Å². The van der Waals surface area contributed by atoms with Gasteiger partial charge in [-0.3, -0.25) is 0 Å². The number of sulfonamides is 1. The molecular formula is C12H20N4O4S. The van der Waals surface area contributed by atoms with Crippen molar-refractivity contribution in [3.63, 3.8) is 0 Å². The zero-order valence-corrected chi connectivity index (χ0v) is 12.5. The molecule has 1 aliphatic rings. The number of nitrogens with zero attached hydrogens (tertiary/aromatic N) is 2. The van der Waals surface area contributed by atoms with Crippen molar-refractivity contribution in [1.82, 2.24) is 14.7 Å². The topological polar surface area (TPSA) is 116 Å². The number of ether oxygens (including phenoxy) is 2. The van der Waals surface area contributed by atoms with E-state index in [9.17, 15) is 8.42 Å². The predicted octanol–water partition coefficient (Wildman–Crippen LogP) is -0.0772. The van der Waals surface area contributed by atoms with Gasteiger partial charge in [0.05, 0.1) is 25.1 Å². The Morgan fingerprint density at radius 3 is 2.86 bits per heavy atom. The van der Waals surface area contributed by atoms with Crippen molar-refractivity contribution < 1.29 is 17.9 Å². The minimum Gasteiger partial charge on any atom is -0.379 e. The molecule has 0 spiro atoms. The second-order valence-electron chi connectivity index (χ2n) is 4.74. The van der Waals surface area contributed by atoms with E-state index in [2.05, 4.69) is 14.7 Å². The first kappa shape index (κ1) is 16.1. The summed E-state index contributed by atoms with van der Waals surface area (Å²) in [5, 5.41) is 0. The summed E-state index contributed by atoms with van der Waals surface area (Å²) in [5.41, 5.74) is 5.31. The summed E-state index contributed by atoms with van der Waals surface area (Å²) in [6.45, 7) is 2.15. The van der Waals surface area contributed by atoms with E-state index in [0.717, 1.165) is 19.4 Å². The Morgan fingerprint density at radius 2 is 2.19 bits per heavy atom. The molecule has 0 bridgehead atoms. The van der Waals surface area contributed by atoms with Crippen LogP contribution in [0.2, 0.25) is 0 Å². The molecule has 9 heteroatoms. The van der Waals surface area contributed by atoms with Crippen LogP contribution in [-0.4, -0.2) is 50.9 Å². The number of aromatic nitrogens is 2. The Balaban J connectivity index is 1.64. The zero-order valence-electron chi connectivity index (χ0n) is 11.7. The van der Waals surface area contributed by atoms with Gasteiger partial charge in [-0.25, -0.2) is 23.1 Å². The molecule has 8 nitrogen and oxygen atoms in total. The maximum absolute atomic E-state index is 11.9. The van der Waals surface area contributed by atoms with Crippen molar-refractivity contribution >= 4 is 16.0 Å². The normalized spacial score (nSPS) is 19.0. The van der Waals surface area contributed by atoms with Crippen LogP contribution < -0.4 is 10.5 Å². The summed E-state index contributed by atoms with van der Waals surface area (Å²) in [6.07, 6.45) is 5.24. The Morgan fingerprint density at radius 1 is 1.43 bits per heavy atom. The van der Waals surface area contributed by atoms with Crippen LogP contribution in [-0.2, 0) is 19.5 Å². The van der Waals surface area contributed by atoms with Crippen LogP contribution in [0.3, 0.4) is 0 Å². The van der Waals surface area contributed by atoms with Gasteiger partial charge in [0.1, 0.15) is 4.90 Å². The van der Waals surface area contributed by atoms with E-state index in [0.29, 0.717) is 19.6 Å².